The van der Waals surface area contributed by atoms with Crippen LogP contribution in [-0.2, 0) is 27.8 Å². The first-order valence-electron chi connectivity index (χ1n) is 10.2. The van der Waals surface area contributed by atoms with E-state index in [1.807, 2.05) is 26.0 Å². The Labute approximate surface area is 186 Å². The van der Waals surface area contributed by atoms with E-state index in [0.29, 0.717) is 40.8 Å². The number of anilines is 2. The van der Waals surface area contributed by atoms with Crippen molar-refractivity contribution >= 4 is 27.3 Å². The fourth-order valence-electron chi connectivity index (χ4n) is 3.53. The van der Waals surface area contributed by atoms with Gasteiger partial charge in [-0.05, 0) is 43.2 Å². The van der Waals surface area contributed by atoms with Crippen molar-refractivity contribution < 1.29 is 22.5 Å². The SMILES string of the molecule is CCc1nc(CN2C(=O)COc3cc(S(=O)(=O)N(C)c4cccc(C)c4)c(C)cc32)no1. The third-order valence-electron chi connectivity index (χ3n) is 5.32. The standard InChI is InChI=1S/C22H24N4O5S/c1-5-21-23-20(24-31-21)12-26-17-10-15(3)19(11-18(17)30-13-22(26)27)32(28,29)25(4)16-8-6-7-14(2)9-16/h6-11H,5,12-13H2,1-4H3. The van der Waals surface area contributed by atoms with Crippen LogP contribution in [0.3, 0.4) is 0 Å². The molecule has 0 spiro atoms. The molecule has 4 rings (SSSR count). The van der Waals surface area contributed by atoms with E-state index in [1.165, 1.54) is 22.3 Å². The van der Waals surface area contributed by atoms with Gasteiger partial charge in [-0.25, -0.2) is 8.42 Å². The molecule has 32 heavy (non-hydrogen) atoms. The number of rotatable bonds is 6. The molecule has 0 saturated heterocycles. The largest absolute Gasteiger partial charge is 0.482 e. The molecule has 0 fully saturated rings. The monoisotopic (exact) mass is 456 g/mol. The topological polar surface area (TPSA) is 106 Å². The zero-order valence-electron chi connectivity index (χ0n) is 18.3. The molecule has 0 N–H and O–H groups in total. The highest BCUT2D eigenvalue weighted by Gasteiger charge is 2.31. The van der Waals surface area contributed by atoms with Gasteiger partial charge in [-0.1, -0.05) is 24.2 Å². The number of sulfonamides is 1. The molecule has 3 aromatic rings. The van der Waals surface area contributed by atoms with Crippen LogP contribution in [0, 0.1) is 13.8 Å². The minimum atomic E-state index is -3.85. The molecule has 0 radical (unpaired) electrons. The van der Waals surface area contributed by atoms with Gasteiger partial charge >= 0.3 is 0 Å². The number of ether oxygens (including phenoxy) is 1. The smallest absolute Gasteiger partial charge is 0.265 e. The maximum atomic E-state index is 13.4. The Morgan fingerprint density at radius 1 is 1.19 bits per heavy atom. The van der Waals surface area contributed by atoms with Gasteiger partial charge in [-0.3, -0.25) is 14.0 Å². The number of aryl methyl sites for hydroxylation is 3. The third kappa shape index (κ3) is 3.93. The van der Waals surface area contributed by atoms with Crippen molar-refractivity contribution in [1.82, 2.24) is 10.1 Å². The molecule has 1 aromatic heterocycles. The minimum absolute atomic E-state index is 0.105. The van der Waals surface area contributed by atoms with E-state index in [1.54, 1.807) is 25.1 Å². The van der Waals surface area contributed by atoms with Crippen LogP contribution in [-0.4, -0.2) is 38.1 Å². The van der Waals surface area contributed by atoms with Crippen LogP contribution in [0.1, 0.15) is 29.8 Å². The summed E-state index contributed by atoms with van der Waals surface area (Å²) in [5.74, 6) is 0.896. The lowest BCUT2D eigenvalue weighted by Gasteiger charge is -2.30. The van der Waals surface area contributed by atoms with Crippen molar-refractivity contribution in [2.45, 2.75) is 38.6 Å². The van der Waals surface area contributed by atoms with Gasteiger partial charge in [0.15, 0.2) is 12.4 Å². The average Bonchev–Trinajstić information content (AvgIpc) is 3.22. The van der Waals surface area contributed by atoms with Crippen molar-refractivity contribution in [2.24, 2.45) is 0 Å². The van der Waals surface area contributed by atoms with Crippen LogP contribution in [0.2, 0.25) is 0 Å². The summed E-state index contributed by atoms with van der Waals surface area (Å²) >= 11 is 0. The van der Waals surface area contributed by atoms with Gasteiger partial charge in [0.05, 0.1) is 22.8 Å². The zero-order valence-corrected chi connectivity index (χ0v) is 19.1. The van der Waals surface area contributed by atoms with Crippen molar-refractivity contribution in [3.05, 3.63) is 59.2 Å². The summed E-state index contributed by atoms with van der Waals surface area (Å²) < 4.78 is 38.7. The van der Waals surface area contributed by atoms with Crippen molar-refractivity contribution in [3.8, 4) is 5.75 Å². The van der Waals surface area contributed by atoms with Crippen LogP contribution in [0.5, 0.6) is 5.75 Å². The van der Waals surface area contributed by atoms with Crippen LogP contribution in [0.25, 0.3) is 0 Å². The Kier molecular flexibility index (Phi) is 5.64. The summed E-state index contributed by atoms with van der Waals surface area (Å²) in [7, 11) is -2.34. The highest BCUT2D eigenvalue weighted by atomic mass is 32.2. The van der Waals surface area contributed by atoms with E-state index < -0.39 is 10.0 Å². The van der Waals surface area contributed by atoms with Crippen LogP contribution < -0.4 is 13.9 Å². The maximum Gasteiger partial charge on any atom is 0.265 e. The highest BCUT2D eigenvalue weighted by Crippen LogP contribution is 2.38. The molecule has 0 aliphatic carbocycles. The summed E-state index contributed by atoms with van der Waals surface area (Å²) in [6, 6.07) is 10.4. The van der Waals surface area contributed by atoms with E-state index in [9.17, 15) is 13.2 Å². The number of fused-ring (bicyclic) bond motifs is 1. The van der Waals surface area contributed by atoms with Crippen LogP contribution in [0.15, 0.2) is 45.8 Å². The predicted molar refractivity (Wildman–Crippen MR) is 118 cm³/mol. The molecule has 1 aliphatic heterocycles. The summed E-state index contributed by atoms with van der Waals surface area (Å²) in [6.07, 6.45) is 0.593. The number of amides is 1. The molecule has 0 bridgehead atoms. The lowest BCUT2D eigenvalue weighted by Crippen LogP contribution is -2.39. The molecule has 1 aliphatic rings. The minimum Gasteiger partial charge on any atom is -0.482 e. The van der Waals surface area contributed by atoms with E-state index in [4.69, 9.17) is 9.26 Å². The average molecular weight is 457 g/mol. The fourth-order valence-corrected chi connectivity index (χ4v) is 4.94. The first-order chi connectivity index (χ1) is 15.2. The van der Waals surface area contributed by atoms with Gasteiger partial charge in [0.2, 0.25) is 5.89 Å². The fraction of sp³-hybridized carbons (Fsp3) is 0.318. The molecular weight excluding hydrogens is 432 g/mol. The Hall–Kier alpha value is -3.40. The molecule has 0 atom stereocenters. The van der Waals surface area contributed by atoms with Gasteiger partial charge < -0.3 is 9.26 Å². The highest BCUT2D eigenvalue weighted by molar-refractivity contribution is 7.92. The second-order valence-electron chi connectivity index (χ2n) is 7.62. The normalized spacial score (nSPS) is 13.6. The number of aromatic nitrogens is 2. The molecule has 2 aromatic carbocycles. The summed E-state index contributed by atoms with van der Waals surface area (Å²) in [6.45, 7) is 5.39. The quantitative estimate of drug-likeness (QED) is 0.561. The van der Waals surface area contributed by atoms with Gasteiger partial charge in [0.25, 0.3) is 15.9 Å². The Balaban J connectivity index is 1.71. The Morgan fingerprint density at radius 3 is 2.66 bits per heavy atom. The molecule has 2 heterocycles. The predicted octanol–water partition coefficient (Wildman–Crippen LogP) is 3.00. The lowest BCUT2D eigenvalue weighted by atomic mass is 10.1. The van der Waals surface area contributed by atoms with Crippen molar-refractivity contribution in [3.63, 3.8) is 0 Å². The van der Waals surface area contributed by atoms with Gasteiger partial charge in [-0.15, -0.1) is 0 Å². The Bertz CT molecular complexity index is 1290. The van der Waals surface area contributed by atoms with Crippen molar-refractivity contribution in [1.29, 1.82) is 0 Å². The maximum absolute atomic E-state index is 13.4. The van der Waals surface area contributed by atoms with E-state index in [-0.39, 0.29) is 24.0 Å². The molecule has 0 unspecified atom stereocenters. The number of hydrogen-bond acceptors (Lipinski definition) is 7. The van der Waals surface area contributed by atoms with Crippen LogP contribution >= 0.6 is 0 Å². The second kappa shape index (κ2) is 8.27. The van der Waals surface area contributed by atoms with Gasteiger partial charge in [-0.2, -0.15) is 4.98 Å². The molecular formula is C22H24N4O5S. The van der Waals surface area contributed by atoms with Gasteiger partial charge in [0.1, 0.15) is 5.75 Å². The lowest BCUT2D eigenvalue weighted by molar-refractivity contribution is -0.121. The molecule has 168 valence electrons. The molecule has 10 heteroatoms. The van der Waals surface area contributed by atoms with E-state index >= 15 is 0 Å². The summed E-state index contributed by atoms with van der Waals surface area (Å²) in [5.41, 5.74) is 2.48. The molecule has 9 nitrogen and oxygen atoms in total. The number of hydrogen-bond donors (Lipinski definition) is 0. The number of carbonyl (C=O) groups is 1. The summed E-state index contributed by atoms with van der Waals surface area (Å²) in [4.78, 5) is 18.4. The first-order valence-corrected chi connectivity index (χ1v) is 11.6. The first kappa shape index (κ1) is 21.8. The van der Waals surface area contributed by atoms with Crippen LogP contribution in [0.4, 0.5) is 11.4 Å². The molecule has 0 saturated carbocycles. The number of nitrogens with zero attached hydrogens (tertiary/aromatic N) is 4. The Morgan fingerprint density at radius 2 is 1.97 bits per heavy atom. The number of carbonyl (C=O) groups excluding carboxylic acids is 1. The number of benzene rings is 2. The van der Waals surface area contributed by atoms with E-state index in [0.717, 1.165) is 5.56 Å². The van der Waals surface area contributed by atoms with Crippen molar-refractivity contribution in [2.75, 3.05) is 22.9 Å². The molecule has 1 amide bonds. The zero-order chi connectivity index (χ0) is 23.0. The third-order valence-corrected chi connectivity index (χ3v) is 7.24. The van der Waals surface area contributed by atoms with Gasteiger partial charge in [0, 0.05) is 19.5 Å². The van der Waals surface area contributed by atoms with E-state index in [2.05, 4.69) is 10.1 Å². The summed E-state index contributed by atoms with van der Waals surface area (Å²) in [5, 5.41) is 3.91. The second-order valence-corrected chi connectivity index (χ2v) is 9.56.